The third kappa shape index (κ3) is 6.23. The van der Waals surface area contributed by atoms with Gasteiger partial charge >= 0.3 is 5.97 Å². The Kier molecular flexibility index (Phi) is 7.91. The molecule has 0 rings (SSSR count). The van der Waals surface area contributed by atoms with E-state index in [-0.39, 0.29) is 12.2 Å². The minimum Gasteiger partial charge on any atom is -0.466 e. The molecule has 0 aromatic rings. The second-order valence-electron chi connectivity index (χ2n) is 3.22. The van der Waals surface area contributed by atoms with E-state index in [1.54, 1.807) is 6.92 Å². The molecule has 88 valence electrons. The molecule has 0 N–H and O–H groups in total. The van der Waals surface area contributed by atoms with Crippen molar-refractivity contribution >= 4 is 11.8 Å². The Hall–Kier alpha value is -0.900. The molecule has 1 unspecified atom stereocenters. The Balaban J connectivity index is 3.97. The summed E-state index contributed by atoms with van der Waals surface area (Å²) in [6, 6.07) is 0. The predicted molar refractivity (Wildman–Crippen MR) is 56.6 cm³/mol. The normalized spacial score (nSPS) is 12.2. The minimum absolute atomic E-state index is 0.184. The summed E-state index contributed by atoms with van der Waals surface area (Å²) in [6.45, 7) is 6.41. The summed E-state index contributed by atoms with van der Waals surface area (Å²) < 4.78 is 10.0. The predicted octanol–water partition coefficient (Wildman–Crippen LogP) is 1.71. The van der Waals surface area contributed by atoms with E-state index in [1.807, 2.05) is 13.8 Å². The van der Waals surface area contributed by atoms with Crippen molar-refractivity contribution in [2.75, 3.05) is 13.2 Å². The Bertz CT molecular complexity index is 201. The summed E-state index contributed by atoms with van der Waals surface area (Å²) in [5.41, 5.74) is 0. The number of rotatable bonds is 8. The van der Waals surface area contributed by atoms with Crippen molar-refractivity contribution in [2.24, 2.45) is 0 Å². The van der Waals surface area contributed by atoms with Gasteiger partial charge in [-0.05, 0) is 19.8 Å². The molecule has 0 aromatic carbocycles. The van der Waals surface area contributed by atoms with Gasteiger partial charge in [0.25, 0.3) is 0 Å². The highest BCUT2D eigenvalue weighted by Gasteiger charge is 2.20. The van der Waals surface area contributed by atoms with Crippen LogP contribution in [0, 0.1) is 0 Å². The number of carbonyl (C=O) groups is 2. The molecule has 0 saturated carbocycles. The zero-order valence-corrected chi connectivity index (χ0v) is 9.75. The standard InChI is InChI=1S/C11H20O4/c1-4-7-15-10(5-2)9(12)8-11(13)14-6-3/h10H,4-8H2,1-3H3. The molecule has 0 aliphatic heterocycles. The van der Waals surface area contributed by atoms with E-state index in [4.69, 9.17) is 9.47 Å². The van der Waals surface area contributed by atoms with E-state index in [1.165, 1.54) is 0 Å². The summed E-state index contributed by atoms with van der Waals surface area (Å²) in [7, 11) is 0. The van der Waals surface area contributed by atoms with Gasteiger partial charge in [0.05, 0.1) is 6.61 Å². The van der Waals surface area contributed by atoms with E-state index in [2.05, 4.69) is 0 Å². The van der Waals surface area contributed by atoms with Crippen molar-refractivity contribution in [1.82, 2.24) is 0 Å². The maximum Gasteiger partial charge on any atom is 0.313 e. The van der Waals surface area contributed by atoms with Gasteiger partial charge < -0.3 is 9.47 Å². The maximum atomic E-state index is 11.5. The summed E-state index contributed by atoms with van der Waals surface area (Å²) in [5.74, 6) is -0.662. The fraction of sp³-hybridized carbons (Fsp3) is 0.818. The number of hydrogen-bond acceptors (Lipinski definition) is 4. The van der Waals surface area contributed by atoms with Crippen LogP contribution in [0.15, 0.2) is 0 Å². The topological polar surface area (TPSA) is 52.6 Å². The molecule has 0 aliphatic rings. The molecule has 4 nitrogen and oxygen atoms in total. The van der Waals surface area contributed by atoms with E-state index in [9.17, 15) is 9.59 Å². The van der Waals surface area contributed by atoms with Crippen LogP contribution >= 0.6 is 0 Å². The largest absolute Gasteiger partial charge is 0.466 e. The highest BCUT2D eigenvalue weighted by Crippen LogP contribution is 2.04. The van der Waals surface area contributed by atoms with Gasteiger partial charge in [-0.1, -0.05) is 13.8 Å². The van der Waals surface area contributed by atoms with E-state index in [0.717, 1.165) is 6.42 Å². The number of ether oxygens (including phenoxy) is 2. The molecule has 0 aromatic heterocycles. The minimum atomic E-state index is -0.471. The summed E-state index contributed by atoms with van der Waals surface area (Å²) >= 11 is 0. The number of hydrogen-bond donors (Lipinski definition) is 0. The molecule has 0 fully saturated rings. The van der Waals surface area contributed by atoms with E-state index >= 15 is 0 Å². The first-order chi connectivity index (χ1) is 7.15. The van der Waals surface area contributed by atoms with Crippen LogP contribution in [0.5, 0.6) is 0 Å². The lowest BCUT2D eigenvalue weighted by Crippen LogP contribution is -2.26. The lowest BCUT2D eigenvalue weighted by atomic mass is 10.1. The van der Waals surface area contributed by atoms with Gasteiger partial charge in [-0.3, -0.25) is 9.59 Å². The Morgan fingerprint density at radius 3 is 2.33 bits per heavy atom. The van der Waals surface area contributed by atoms with Gasteiger partial charge in [0.2, 0.25) is 0 Å². The number of ketones is 1. The van der Waals surface area contributed by atoms with Crippen LogP contribution in [0.25, 0.3) is 0 Å². The van der Waals surface area contributed by atoms with Gasteiger partial charge in [-0.25, -0.2) is 0 Å². The summed E-state index contributed by atoms with van der Waals surface area (Å²) in [5, 5.41) is 0. The van der Waals surface area contributed by atoms with Gasteiger partial charge in [0.15, 0.2) is 5.78 Å². The molecule has 0 bridgehead atoms. The van der Waals surface area contributed by atoms with Crippen LogP contribution in [-0.2, 0) is 19.1 Å². The SMILES string of the molecule is CCCOC(CC)C(=O)CC(=O)OCC. The molecule has 0 spiro atoms. The third-order valence-corrected chi connectivity index (χ3v) is 1.88. The Morgan fingerprint density at radius 1 is 1.20 bits per heavy atom. The molecule has 4 heteroatoms. The molecule has 0 heterocycles. The van der Waals surface area contributed by atoms with Crippen LogP contribution < -0.4 is 0 Å². The highest BCUT2D eigenvalue weighted by molar-refractivity contribution is 5.97. The van der Waals surface area contributed by atoms with Crippen LogP contribution in [0.1, 0.15) is 40.0 Å². The van der Waals surface area contributed by atoms with Crippen LogP contribution in [0.2, 0.25) is 0 Å². The fourth-order valence-electron chi connectivity index (χ4n) is 1.17. The molecular formula is C11H20O4. The summed E-state index contributed by atoms with van der Waals surface area (Å²) in [6.07, 6.45) is 0.812. The number of carbonyl (C=O) groups excluding carboxylic acids is 2. The molecule has 0 amide bonds. The Labute approximate surface area is 90.9 Å². The van der Waals surface area contributed by atoms with Crippen molar-refractivity contribution in [3.8, 4) is 0 Å². The van der Waals surface area contributed by atoms with Gasteiger partial charge in [0, 0.05) is 6.61 Å². The second kappa shape index (κ2) is 8.41. The van der Waals surface area contributed by atoms with Crippen LogP contribution in [-0.4, -0.2) is 31.1 Å². The molecule has 1 atom stereocenters. The lowest BCUT2D eigenvalue weighted by molar-refractivity contribution is -0.148. The Morgan fingerprint density at radius 2 is 1.87 bits per heavy atom. The zero-order valence-electron chi connectivity index (χ0n) is 9.75. The number of esters is 1. The van der Waals surface area contributed by atoms with Crippen LogP contribution in [0.4, 0.5) is 0 Å². The van der Waals surface area contributed by atoms with Crippen molar-refractivity contribution in [3.05, 3.63) is 0 Å². The fourth-order valence-corrected chi connectivity index (χ4v) is 1.17. The molecule has 0 radical (unpaired) electrons. The monoisotopic (exact) mass is 216 g/mol. The number of Topliss-reactive ketones (excluding diaryl/α,β-unsaturated/α-hetero) is 1. The first kappa shape index (κ1) is 14.1. The van der Waals surface area contributed by atoms with Crippen molar-refractivity contribution in [3.63, 3.8) is 0 Å². The molecular weight excluding hydrogens is 196 g/mol. The second-order valence-corrected chi connectivity index (χ2v) is 3.22. The zero-order chi connectivity index (χ0) is 11.7. The maximum absolute atomic E-state index is 11.5. The third-order valence-electron chi connectivity index (χ3n) is 1.88. The van der Waals surface area contributed by atoms with Crippen molar-refractivity contribution in [2.45, 2.75) is 46.1 Å². The first-order valence-corrected chi connectivity index (χ1v) is 5.45. The van der Waals surface area contributed by atoms with Gasteiger partial charge in [-0.15, -0.1) is 0 Å². The quantitative estimate of drug-likeness (QED) is 0.458. The van der Waals surface area contributed by atoms with Crippen LogP contribution in [0.3, 0.4) is 0 Å². The van der Waals surface area contributed by atoms with Crippen molar-refractivity contribution < 1.29 is 19.1 Å². The van der Waals surface area contributed by atoms with E-state index < -0.39 is 12.1 Å². The highest BCUT2D eigenvalue weighted by atomic mass is 16.5. The van der Waals surface area contributed by atoms with E-state index in [0.29, 0.717) is 19.6 Å². The molecule has 0 aliphatic carbocycles. The first-order valence-electron chi connectivity index (χ1n) is 5.45. The molecule has 0 saturated heterocycles. The smallest absolute Gasteiger partial charge is 0.313 e. The average molecular weight is 216 g/mol. The summed E-state index contributed by atoms with van der Waals surface area (Å²) in [4.78, 5) is 22.6. The molecule has 15 heavy (non-hydrogen) atoms. The van der Waals surface area contributed by atoms with Crippen molar-refractivity contribution in [1.29, 1.82) is 0 Å². The van der Waals surface area contributed by atoms with Gasteiger partial charge in [-0.2, -0.15) is 0 Å². The van der Waals surface area contributed by atoms with Gasteiger partial charge in [0.1, 0.15) is 12.5 Å². The average Bonchev–Trinajstić information content (AvgIpc) is 2.19. The lowest BCUT2D eigenvalue weighted by Gasteiger charge is -2.13.